The SMILES string of the molecule is CC[C@@H](Sc1nc(N)c(NC(=O)c2ccc(Cl)cc2)c(=O)[nH]1)C(=O)[O-]. The van der Waals surface area contributed by atoms with Crippen molar-refractivity contribution in [3.8, 4) is 0 Å². The molecule has 2 aromatic rings. The van der Waals surface area contributed by atoms with E-state index in [-0.39, 0.29) is 28.6 Å². The summed E-state index contributed by atoms with van der Waals surface area (Å²) in [5.41, 5.74) is 5.10. The fourth-order valence-corrected chi connectivity index (χ4v) is 2.83. The molecule has 1 aromatic carbocycles. The number of rotatable bonds is 6. The highest BCUT2D eigenvalue weighted by atomic mass is 35.5. The number of aliphatic carboxylic acids is 1. The molecule has 0 saturated heterocycles. The van der Waals surface area contributed by atoms with E-state index in [1.807, 2.05) is 0 Å². The first-order valence-electron chi connectivity index (χ1n) is 7.16. The first-order valence-corrected chi connectivity index (χ1v) is 8.41. The fourth-order valence-electron chi connectivity index (χ4n) is 1.87. The third-order valence-electron chi connectivity index (χ3n) is 3.16. The molecule has 0 saturated carbocycles. The van der Waals surface area contributed by atoms with Gasteiger partial charge in [0.15, 0.2) is 11.0 Å². The van der Waals surface area contributed by atoms with Crippen molar-refractivity contribution in [3.05, 3.63) is 45.2 Å². The van der Waals surface area contributed by atoms with Crippen LogP contribution in [0.15, 0.2) is 34.2 Å². The predicted molar refractivity (Wildman–Crippen MR) is 93.6 cm³/mol. The number of hydrogen-bond acceptors (Lipinski definition) is 7. The third kappa shape index (κ3) is 4.74. The highest BCUT2D eigenvalue weighted by Gasteiger charge is 2.16. The Balaban J connectivity index is 2.22. The molecule has 132 valence electrons. The molecular formula is C15H14ClN4O4S-. The first kappa shape index (κ1) is 18.8. The number of carbonyl (C=O) groups excluding carboxylic acids is 2. The number of carbonyl (C=O) groups is 2. The molecule has 1 aromatic heterocycles. The Morgan fingerprint density at radius 1 is 1.40 bits per heavy atom. The van der Waals surface area contributed by atoms with Crippen molar-refractivity contribution in [1.82, 2.24) is 9.97 Å². The second-order valence-electron chi connectivity index (χ2n) is 4.93. The maximum Gasteiger partial charge on any atom is 0.277 e. The van der Waals surface area contributed by atoms with E-state index in [9.17, 15) is 19.5 Å². The van der Waals surface area contributed by atoms with Gasteiger partial charge >= 0.3 is 0 Å². The normalized spacial score (nSPS) is 11.8. The lowest BCUT2D eigenvalue weighted by molar-refractivity contribution is -0.304. The molecule has 0 fully saturated rings. The summed E-state index contributed by atoms with van der Waals surface area (Å²) in [6.45, 7) is 1.66. The molecule has 0 spiro atoms. The van der Waals surface area contributed by atoms with E-state index in [1.165, 1.54) is 24.3 Å². The van der Waals surface area contributed by atoms with Crippen LogP contribution in [0.4, 0.5) is 11.5 Å². The standard InChI is InChI=1S/C15H15ClN4O4S/c1-2-9(14(23)24)25-15-19-11(17)10(13(22)20-15)18-12(21)7-3-5-8(16)6-4-7/h3-6,9H,2H2,1H3,(H,18,21)(H,23,24)(H3,17,19,20,22)/p-1/t9-/m1/s1. The van der Waals surface area contributed by atoms with Crippen molar-refractivity contribution in [2.45, 2.75) is 23.8 Å². The zero-order chi connectivity index (χ0) is 18.6. The molecule has 0 aliphatic rings. The summed E-state index contributed by atoms with van der Waals surface area (Å²) in [5.74, 6) is -2.05. The quantitative estimate of drug-likeness (QED) is 0.498. The average Bonchev–Trinajstić information content (AvgIpc) is 2.56. The topological polar surface area (TPSA) is 141 Å². The number of H-pyrrole nitrogens is 1. The summed E-state index contributed by atoms with van der Waals surface area (Å²) in [4.78, 5) is 41.5. The van der Waals surface area contributed by atoms with E-state index in [0.29, 0.717) is 5.02 Å². The molecule has 0 aliphatic carbocycles. The molecular weight excluding hydrogens is 368 g/mol. The van der Waals surface area contributed by atoms with Crippen LogP contribution in [0, 0.1) is 0 Å². The zero-order valence-electron chi connectivity index (χ0n) is 13.0. The van der Waals surface area contributed by atoms with Gasteiger partial charge in [0.2, 0.25) is 0 Å². The molecule has 1 heterocycles. The number of aromatic nitrogens is 2. The maximum absolute atomic E-state index is 12.1. The largest absolute Gasteiger partial charge is 0.549 e. The number of aromatic amines is 1. The van der Waals surface area contributed by atoms with Crippen molar-refractivity contribution in [2.75, 3.05) is 11.1 Å². The van der Waals surface area contributed by atoms with Gasteiger partial charge in [-0.25, -0.2) is 4.98 Å². The Morgan fingerprint density at radius 2 is 2.04 bits per heavy atom. The van der Waals surface area contributed by atoms with Gasteiger partial charge in [-0.15, -0.1) is 0 Å². The molecule has 0 radical (unpaired) electrons. The molecule has 1 atom stereocenters. The summed E-state index contributed by atoms with van der Waals surface area (Å²) in [6, 6.07) is 6.05. The Bertz CT molecular complexity index is 854. The number of nitrogens with two attached hydrogens (primary N) is 1. The number of nitrogens with zero attached hydrogens (tertiary/aromatic N) is 1. The second-order valence-corrected chi connectivity index (χ2v) is 6.55. The van der Waals surface area contributed by atoms with Gasteiger partial charge in [-0.05, 0) is 30.7 Å². The minimum Gasteiger partial charge on any atom is -0.549 e. The fraction of sp³-hybridized carbons (Fsp3) is 0.200. The van der Waals surface area contributed by atoms with Gasteiger partial charge < -0.3 is 21.0 Å². The van der Waals surface area contributed by atoms with Crippen LogP contribution in [-0.4, -0.2) is 27.1 Å². The van der Waals surface area contributed by atoms with Gasteiger partial charge in [-0.2, -0.15) is 0 Å². The number of anilines is 2. The highest BCUT2D eigenvalue weighted by molar-refractivity contribution is 8.00. The van der Waals surface area contributed by atoms with Crippen LogP contribution in [0.3, 0.4) is 0 Å². The van der Waals surface area contributed by atoms with E-state index in [2.05, 4.69) is 15.3 Å². The molecule has 0 bridgehead atoms. The van der Waals surface area contributed by atoms with Gasteiger partial charge in [-0.3, -0.25) is 14.6 Å². The number of halogens is 1. The van der Waals surface area contributed by atoms with Crippen LogP contribution in [0.1, 0.15) is 23.7 Å². The number of thioether (sulfide) groups is 1. The first-order chi connectivity index (χ1) is 11.8. The highest BCUT2D eigenvalue weighted by Crippen LogP contribution is 2.23. The summed E-state index contributed by atoms with van der Waals surface area (Å²) >= 11 is 6.57. The number of nitrogens with one attached hydrogen (secondary N) is 2. The number of hydrogen-bond donors (Lipinski definition) is 3. The Hall–Kier alpha value is -2.52. The molecule has 1 amide bonds. The van der Waals surface area contributed by atoms with E-state index in [1.54, 1.807) is 6.92 Å². The number of carboxylic acid groups (broad SMARTS) is 1. The summed E-state index contributed by atoms with van der Waals surface area (Å²) < 4.78 is 0. The Morgan fingerprint density at radius 3 is 2.56 bits per heavy atom. The van der Waals surface area contributed by atoms with Crippen molar-refractivity contribution in [2.24, 2.45) is 0 Å². The molecule has 4 N–H and O–H groups in total. The summed E-state index contributed by atoms with van der Waals surface area (Å²) in [5, 5.41) is 12.9. The number of benzene rings is 1. The van der Waals surface area contributed by atoms with Gasteiger partial charge in [0.05, 0.1) is 11.2 Å². The molecule has 8 nitrogen and oxygen atoms in total. The number of carboxylic acids is 1. The summed E-state index contributed by atoms with van der Waals surface area (Å²) in [6.07, 6.45) is 0.283. The third-order valence-corrected chi connectivity index (χ3v) is 4.64. The molecule has 2 rings (SSSR count). The van der Waals surface area contributed by atoms with Crippen LogP contribution >= 0.6 is 23.4 Å². The van der Waals surface area contributed by atoms with Crippen LogP contribution < -0.4 is 21.7 Å². The number of nitrogen functional groups attached to an aromatic ring is 1. The van der Waals surface area contributed by atoms with Gasteiger partial charge in [0.25, 0.3) is 11.5 Å². The summed E-state index contributed by atoms with van der Waals surface area (Å²) in [7, 11) is 0. The number of amides is 1. The van der Waals surface area contributed by atoms with Gasteiger partial charge in [0.1, 0.15) is 5.69 Å². The second kappa shape index (κ2) is 8.04. The van der Waals surface area contributed by atoms with Gasteiger partial charge in [-0.1, -0.05) is 30.3 Å². The lowest BCUT2D eigenvalue weighted by Gasteiger charge is -2.15. The predicted octanol–water partition coefficient (Wildman–Crippen LogP) is 0.878. The van der Waals surface area contributed by atoms with Crippen molar-refractivity contribution < 1.29 is 14.7 Å². The smallest absolute Gasteiger partial charge is 0.277 e. The maximum atomic E-state index is 12.1. The van der Waals surface area contributed by atoms with Crippen LogP contribution in [0.2, 0.25) is 5.02 Å². The minimum absolute atomic E-state index is 0.0306. The van der Waals surface area contributed by atoms with Crippen LogP contribution in [-0.2, 0) is 4.79 Å². The molecule has 0 aliphatic heterocycles. The lowest BCUT2D eigenvalue weighted by Crippen LogP contribution is -2.33. The van der Waals surface area contributed by atoms with Crippen molar-refractivity contribution >= 4 is 46.7 Å². The van der Waals surface area contributed by atoms with E-state index >= 15 is 0 Å². The monoisotopic (exact) mass is 381 g/mol. The zero-order valence-corrected chi connectivity index (χ0v) is 14.6. The molecule has 0 unspecified atom stereocenters. The van der Waals surface area contributed by atoms with E-state index < -0.39 is 22.7 Å². The van der Waals surface area contributed by atoms with Crippen molar-refractivity contribution in [3.63, 3.8) is 0 Å². The van der Waals surface area contributed by atoms with Crippen LogP contribution in [0.25, 0.3) is 0 Å². The van der Waals surface area contributed by atoms with Gasteiger partial charge in [0, 0.05) is 10.6 Å². The van der Waals surface area contributed by atoms with Crippen molar-refractivity contribution in [1.29, 1.82) is 0 Å². The van der Waals surface area contributed by atoms with E-state index in [4.69, 9.17) is 17.3 Å². The Labute approximate surface area is 151 Å². The minimum atomic E-state index is -1.27. The van der Waals surface area contributed by atoms with E-state index in [0.717, 1.165) is 11.8 Å². The average molecular weight is 382 g/mol. The molecule has 25 heavy (non-hydrogen) atoms. The Kier molecular flexibility index (Phi) is 6.05. The lowest BCUT2D eigenvalue weighted by atomic mass is 10.2. The van der Waals surface area contributed by atoms with Crippen LogP contribution in [0.5, 0.6) is 0 Å². The molecule has 10 heteroatoms.